The Labute approximate surface area is 85.8 Å². The van der Waals surface area contributed by atoms with Crippen molar-refractivity contribution >= 4 is 23.2 Å². The molecule has 67 valence electrons. The van der Waals surface area contributed by atoms with Gasteiger partial charge < -0.3 is 0 Å². The molecule has 0 aliphatic carbocycles. The molecule has 0 aliphatic heterocycles. The van der Waals surface area contributed by atoms with Gasteiger partial charge in [-0.3, -0.25) is 0 Å². The lowest BCUT2D eigenvalue weighted by atomic mass is 9.88. The Bertz CT molecular complexity index is 151. The van der Waals surface area contributed by atoms with Crippen molar-refractivity contribution in [1.29, 1.82) is 0 Å². The van der Waals surface area contributed by atoms with Crippen LogP contribution in [-0.4, -0.2) is 7.28 Å². The summed E-state index contributed by atoms with van der Waals surface area (Å²) in [5.74, 6) is 0. The first-order valence-electron chi connectivity index (χ1n) is 4.25. The first-order chi connectivity index (χ1) is 5.81. The summed E-state index contributed by atoms with van der Waals surface area (Å²) in [4.78, 5) is 0. The molecule has 0 amide bonds. The largest absolute Gasteiger partial charge is 0.102 e. The number of benzene rings is 1. The Morgan fingerprint density at radius 2 is 1.33 bits per heavy atom. The molecular weight excluding hydrogens is 211 g/mol. The summed E-state index contributed by atoms with van der Waals surface area (Å²) >= 11 is 3.31. The molecule has 0 bridgehead atoms. The summed E-state index contributed by atoms with van der Waals surface area (Å²) in [5.41, 5.74) is 0. The molecule has 0 nitrogen and oxygen atoms in total. The summed E-state index contributed by atoms with van der Waals surface area (Å²) in [7, 11) is 2.00. The maximum absolute atomic E-state index is 3.31. The third-order valence-electron chi connectivity index (χ3n) is 0.733. The monoisotopic (exact) mass is 227 g/mol. The van der Waals surface area contributed by atoms with Gasteiger partial charge in [0.1, 0.15) is 7.28 Å². The van der Waals surface area contributed by atoms with E-state index in [0.717, 1.165) is 4.47 Å². The zero-order valence-electron chi connectivity index (χ0n) is 8.34. The lowest BCUT2D eigenvalue weighted by Gasteiger charge is -1.80. The zero-order valence-corrected chi connectivity index (χ0v) is 9.93. The van der Waals surface area contributed by atoms with Crippen LogP contribution < -0.4 is 0 Å². The highest BCUT2D eigenvalue weighted by molar-refractivity contribution is 9.10. The van der Waals surface area contributed by atoms with Crippen LogP contribution in [0.4, 0.5) is 0 Å². The molecule has 0 N–H and O–H groups in total. The van der Waals surface area contributed by atoms with Crippen molar-refractivity contribution in [3.8, 4) is 0 Å². The van der Waals surface area contributed by atoms with E-state index in [2.05, 4.69) is 15.9 Å². The minimum atomic E-state index is 1.13. The van der Waals surface area contributed by atoms with Gasteiger partial charge in [-0.1, -0.05) is 61.6 Å². The quantitative estimate of drug-likeness (QED) is 0.581. The van der Waals surface area contributed by atoms with Crippen LogP contribution in [0.2, 0.25) is 13.6 Å². The van der Waals surface area contributed by atoms with Crippen LogP contribution in [0.5, 0.6) is 0 Å². The van der Waals surface area contributed by atoms with Gasteiger partial charge in [-0.05, 0) is 12.1 Å². The van der Waals surface area contributed by atoms with Gasteiger partial charge >= 0.3 is 0 Å². The van der Waals surface area contributed by atoms with Crippen LogP contribution in [-0.2, 0) is 0 Å². The fraction of sp³-hybridized carbons (Fsp3) is 0.400. The molecule has 0 atom stereocenters. The van der Waals surface area contributed by atoms with E-state index in [1.165, 1.54) is 0 Å². The van der Waals surface area contributed by atoms with Gasteiger partial charge in [0.15, 0.2) is 0 Å². The van der Waals surface area contributed by atoms with E-state index in [0.29, 0.717) is 0 Å². The van der Waals surface area contributed by atoms with Gasteiger partial charge in [-0.25, -0.2) is 0 Å². The Hall–Kier alpha value is -0.235. The molecule has 12 heavy (non-hydrogen) atoms. The second kappa shape index (κ2) is 13.4. The van der Waals surface area contributed by atoms with Crippen molar-refractivity contribution < 1.29 is 0 Å². The highest BCUT2D eigenvalue weighted by atomic mass is 79.9. The number of hydrogen-bond acceptors (Lipinski definition) is 0. The fourth-order valence-corrected chi connectivity index (χ4v) is 0.720. The molecule has 0 saturated carbocycles. The van der Waals surface area contributed by atoms with Gasteiger partial charge in [0, 0.05) is 4.47 Å². The predicted molar refractivity (Wildman–Crippen MR) is 63.0 cm³/mol. The molecule has 2 heteroatoms. The van der Waals surface area contributed by atoms with E-state index < -0.39 is 0 Å². The Morgan fingerprint density at radius 1 is 1.00 bits per heavy atom. The average Bonchev–Trinajstić information content (AvgIpc) is 2.11. The lowest BCUT2D eigenvalue weighted by molar-refractivity contribution is 1.50. The van der Waals surface area contributed by atoms with Crippen LogP contribution in [0.15, 0.2) is 34.8 Å². The van der Waals surface area contributed by atoms with Crippen LogP contribution in [0.25, 0.3) is 0 Å². The van der Waals surface area contributed by atoms with E-state index in [4.69, 9.17) is 0 Å². The fourth-order valence-electron chi connectivity index (χ4n) is 0.415. The normalized spacial score (nSPS) is 6.75. The van der Waals surface area contributed by atoms with E-state index in [1.54, 1.807) is 0 Å². The summed E-state index contributed by atoms with van der Waals surface area (Å²) in [5, 5.41) is 0. The number of rotatable bonds is 0. The zero-order chi connectivity index (χ0) is 9.82. The molecule has 0 aromatic heterocycles. The SMILES string of the molecule is Brc1ccccc1.CC.C[B]C. The second-order valence-corrected chi connectivity index (χ2v) is 2.79. The van der Waals surface area contributed by atoms with E-state index in [9.17, 15) is 0 Å². The van der Waals surface area contributed by atoms with Crippen molar-refractivity contribution in [2.45, 2.75) is 27.5 Å². The number of halogens is 1. The minimum absolute atomic E-state index is 1.13. The topological polar surface area (TPSA) is 0 Å². The molecule has 0 heterocycles. The third kappa shape index (κ3) is 12.4. The smallest absolute Gasteiger partial charge is 0.0922 e. The highest BCUT2D eigenvalue weighted by Gasteiger charge is 1.74. The van der Waals surface area contributed by atoms with Crippen molar-refractivity contribution in [3.05, 3.63) is 34.8 Å². The maximum atomic E-state index is 3.31. The van der Waals surface area contributed by atoms with Crippen LogP contribution in [0.1, 0.15) is 13.8 Å². The standard InChI is InChI=1S/C6H5Br.C2H6B.C2H6/c7-6-4-2-1-3-5-6;1-3-2;1-2/h1-5H;1-2H3;1-2H3. The van der Waals surface area contributed by atoms with Gasteiger partial charge in [-0.15, -0.1) is 0 Å². The van der Waals surface area contributed by atoms with Crippen LogP contribution >= 0.6 is 15.9 Å². The highest BCUT2D eigenvalue weighted by Crippen LogP contribution is 2.05. The minimum Gasteiger partial charge on any atom is -0.0922 e. The first kappa shape index (κ1) is 14.3. The molecular formula is C10H17BBr. The number of hydrogen-bond donors (Lipinski definition) is 0. The van der Waals surface area contributed by atoms with Crippen LogP contribution in [0, 0.1) is 0 Å². The Balaban J connectivity index is 0. The summed E-state index contributed by atoms with van der Waals surface area (Å²) in [6.07, 6.45) is 0. The maximum Gasteiger partial charge on any atom is 0.102 e. The molecule has 1 rings (SSSR count). The third-order valence-corrected chi connectivity index (χ3v) is 1.26. The molecule has 1 aromatic rings. The van der Waals surface area contributed by atoms with Crippen molar-refractivity contribution in [2.75, 3.05) is 0 Å². The average molecular weight is 228 g/mol. The van der Waals surface area contributed by atoms with Gasteiger partial charge in [-0.2, -0.15) is 0 Å². The van der Waals surface area contributed by atoms with Crippen molar-refractivity contribution in [3.63, 3.8) is 0 Å². The molecule has 0 saturated heterocycles. The van der Waals surface area contributed by atoms with Gasteiger partial charge in [0.05, 0.1) is 0 Å². The molecule has 0 spiro atoms. The first-order valence-corrected chi connectivity index (χ1v) is 5.05. The summed E-state index contributed by atoms with van der Waals surface area (Å²) in [6.45, 7) is 8.00. The second-order valence-electron chi connectivity index (χ2n) is 1.87. The van der Waals surface area contributed by atoms with Crippen molar-refractivity contribution in [2.24, 2.45) is 0 Å². The molecule has 0 aliphatic rings. The van der Waals surface area contributed by atoms with E-state index in [1.807, 2.05) is 65.1 Å². The summed E-state index contributed by atoms with van der Waals surface area (Å²) < 4.78 is 1.13. The van der Waals surface area contributed by atoms with E-state index >= 15 is 0 Å². The molecule has 0 fully saturated rings. The van der Waals surface area contributed by atoms with Gasteiger partial charge in [0.2, 0.25) is 0 Å². The van der Waals surface area contributed by atoms with Crippen LogP contribution in [0.3, 0.4) is 0 Å². The van der Waals surface area contributed by atoms with E-state index in [-0.39, 0.29) is 0 Å². The molecule has 1 aromatic carbocycles. The molecule has 0 unspecified atom stereocenters. The Morgan fingerprint density at radius 3 is 1.50 bits per heavy atom. The molecule has 1 radical (unpaired) electrons. The van der Waals surface area contributed by atoms with Crippen molar-refractivity contribution in [1.82, 2.24) is 0 Å². The van der Waals surface area contributed by atoms with Gasteiger partial charge in [0.25, 0.3) is 0 Å². The Kier molecular flexibility index (Phi) is 15.9. The lowest BCUT2D eigenvalue weighted by Crippen LogP contribution is -1.55. The predicted octanol–water partition coefficient (Wildman–Crippen LogP) is 4.26. The summed E-state index contributed by atoms with van der Waals surface area (Å²) in [6, 6.07) is 9.97.